The van der Waals surface area contributed by atoms with Crippen molar-refractivity contribution in [2.45, 2.75) is 6.61 Å². The predicted octanol–water partition coefficient (Wildman–Crippen LogP) is 5.12. The Balaban J connectivity index is 0.000000151. The average Bonchev–Trinajstić information content (AvgIpc) is 3.30. The summed E-state index contributed by atoms with van der Waals surface area (Å²) in [6.45, 7) is 0.0904. The van der Waals surface area contributed by atoms with Crippen molar-refractivity contribution >= 4 is 49.1 Å². The van der Waals surface area contributed by atoms with Gasteiger partial charge in [0.25, 0.3) is 0 Å². The van der Waals surface area contributed by atoms with Crippen LogP contribution in [0.25, 0.3) is 20.2 Å². The van der Waals surface area contributed by atoms with Crippen molar-refractivity contribution in [3.8, 4) is 11.5 Å². The number of hydrogen-bond acceptors (Lipinski definition) is 6. The number of rotatable bonds is 4. The number of ether oxygens (including phenoxy) is 2. The minimum Gasteiger partial charge on any atom is -0.497 e. The molecule has 0 aliphatic rings. The van der Waals surface area contributed by atoms with Gasteiger partial charge in [-0.25, -0.2) is 0 Å². The summed E-state index contributed by atoms with van der Waals surface area (Å²) < 4.78 is 12.5. The van der Waals surface area contributed by atoms with Gasteiger partial charge in [0.05, 0.1) is 20.8 Å². The van der Waals surface area contributed by atoms with Gasteiger partial charge in [-0.15, -0.1) is 22.7 Å². The maximum atomic E-state index is 10.6. The zero-order chi connectivity index (χ0) is 18.5. The van der Waals surface area contributed by atoms with Crippen molar-refractivity contribution in [1.29, 1.82) is 0 Å². The summed E-state index contributed by atoms with van der Waals surface area (Å²) in [5.74, 6) is 1.62. The van der Waals surface area contributed by atoms with E-state index in [0.29, 0.717) is 0 Å². The number of carbonyl (C=O) groups excluding carboxylic acids is 1. The molecular weight excluding hydrogens is 368 g/mol. The van der Waals surface area contributed by atoms with Crippen molar-refractivity contribution < 1.29 is 19.4 Å². The molecule has 0 aliphatic carbocycles. The lowest BCUT2D eigenvalue weighted by Crippen LogP contribution is -1.83. The lowest BCUT2D eigenvalue weighted by molar-refractivity contribution is 0.112. The molecule has 0 amide bonds. The second-order valence-corrected chi connectivity index (χ2v) is 7.27. The fraction of sp³-hybridized carbons (Fsp3) is 0.150. The van der Waals surface area contributed by atoms with Crippen molar-refractivity contribution in [3.63, 3.8) is 0 Å². The Kier molecular flexibility index (Phi) is 5.88. The summed E-state index contributed by atoms with van der Waals surface area (Å²) >= 11 is 3.21. The smallest absolute Gasteiger partial charge is 0.151 e. The van der Waals surface area contributed by atoms with Crippen molar-refractivity contribution in [1.82, 2.24) is 0 Å². The molecule has 4 rings (SSSR count). The van der Waals surface area contributed by atoms with E-state index in [2.05, 4.69) is 0 Å². The molecule has 0 fully saturated rings. The molecular formula is C20H18O4S2. The third kappa shape index (κ3) is 3.72. The van der Waals surface area contributed by atoms with Crippen LogP contribution in [0.4, 0.5) is 0 Å². The van der Waals surface area contributed by atoms with E-state index < -0.39 is 0 Å². The number of aliphatic hydroxyl groups is 1. The zero-order valence-corrected chi connectivity index (χ0v) is 16.0. The van der Waals surface area contributed by atoms with Gasteiger partial charge in [-0.3, -0.25) is 4.79 Å². The van der Waals surface area contributed by atoms with Crippen molar-refractivity contribution in [3.05, 3.63) is 58.3 Å². The number of benzene rings is 2. The molecule has 26 heavy (non-hydrogen) atoms. The first-order valence-corrected chi connectivity index (χ1v) is 9.61. The Morgan fingerprint density at radius 2 is 1.50 bits per heavy atom. The molecule has 2 aromatic heterocycles. The SMILES string of the molecule is COc1ccc2scc(C=O)c2c1.COc1ccc2scc(CO)c2c1. The van der Waals surface area contributed by atoms with E-state index >= 15 is 0 Å². The molecule has 134 valence electrons. The third-order valence-electron chi connectivity index (χ3n) is 3.97. The molecule has 0 radical (unpaired) electrons. The predicted molar refractivity (Wildman–Crippen MR) is 108 cm³/mol. The Bertz CT molecular complexity index is 1030. The van der Waals surface area contributed by atoms with E-state index in [1.807, 2.05) is 47.2 Å². The van der Waals surface area contributed by atoms with Crippen LogP contribution in [0.2, 0.25) is 0 Å². The normalized spacial score (nSPS) is 10.4. The maximum Gasteiger partial charge on any atom is 0.151 e. The second kappa shape index (κ2) is 8.31. The van der Waals surface area contributed by atoms with E-state index in [-0.39, 0.29) is 6.61 Å². The van der Waals surface area contributed by atoms with Crippen LogP contribution < -0.4 is 9.47 Å². The number of fused-ring (bicyclic) bond motifs is 2. The standard InChI is InChI=1S/C10H10O2S.C10H8O2S/c2*1-12-8-2-3-10-9(4-8)7(5-11)6-13-10/h2-4,6,11H,5H2,1H3;2-6H,1H3. The molecule has 0 unspecified atom stereocenters. The van der Waals surface area contributed by atoms with Gasteiger partial charge in [-0.1, -0.05) is 0 Å². The average molecular weight is 386 g/mol. The van der Waals surface area contributed by atoms with E-state index in [9.17, 15) is 4.79 Å². The highest BCUT2D eigenvalue weighted by Gasteiger charge is 2.04. The van der Waals surface area contributed by atoms with Crippen LogP contribution in [0.5, 0.6) is 11.5 Å². The Hall–Kier alpha value is -2.41. The molecule has 2 aromatic carbocycles. The summed E-state index contributed by atoms with van der Waals surface area (Å²) in [4.78, 5) is 10.6. The lowest BCUT2D eigenvalue weighted by atomic mass is 10.2. The van der Waals surface area contributed by atoms with Gasteiger partial charge in [0.15, 0.2) is 6.29 Å². The van der Waals surface area contributed by atoms with Crippen LogP contribution in [0.1, 0.15) is 15.9 Å². The fourth-order valence-electron chi connectivity index (χ4n) is 2.56. The molecule has 4 nitrogen and oxygen atoms in total. The maximum absolute atomic E-state index is 10.6. The van der Waals surface area contributed by atoms with Crippen LogP contribution in [0.15, 0.2) is 47.2 Å². The van der Waals surface area contributed by atoms with Crippen molar-refractivity contribution in [2.75, 3.05) is 14.2 Å². The van der Waals surface area contributed by atoms with Gasteiger partial charge in [-0.2, -0.15) is 0 Å². The largest absolute Gasteiger partial charge is 0.497 e. The number of methoxy groups -OCH3 is 2. The summed E-state index contributed by atoms with van der Waals surface area (Å²) in [6, 6.07) is 11.6. The quantitative estimate of drug-likeness (QED) is 0.494. The minimum atomic E-state index is 0.0904. The van der Waals surface area contributed by atoms with Crippen LogP contribution in [-0.2, 0) is 6.61 Å². The van der Waals surface area contributed by atoms with Crippen LogP contribution >= 0.6 is 22.7 Å². The summed E-state index contributed by atoms with van der Waals surface area (Å²) in [5.41, 5.74) is 1.71. The Morgan fingerprint density at radius 1 is 0.923 bits per heavy atom. The number of aldehydes is 1. The van der Waals surface area contributed by atoms with Gasteiger partial charge < -0.3 is 14.6 Å². The molecule has 6 heteroatoms. The number of carbonyl (C=O) groups is 1. The van der Waals surface area contributed by atoms with E-state index in [1.54, 1.807) is 36.9 Å². The molecule has 0 aliphatic heterocycles. The van der Waals surface area contributed by atoms with E-state index in [4.69, 9.17) is 14.6 Å². The zero-order valence-electron chi connectivity index (χ0n) is 14.4. The highest BCUT2D eigenvalue weighted by Crippen LogP contribution is 2.29. The molecule has 1 N–H and O–H groups in total. The summed E-state index contributed by atoms with van der Waals surface area (Å²) in [5, 5.41) is 14.9. The molecule has 2 heterocycles. The molecule has 0 spiro atoms. The second-order valence-electron chi connectivity index (χ2n) is 5.45. The monoisotopic (exact) mass is 386 g/mol. The van der Waals surface area contributed by atoms with Gasteiger partial charge in [0.2, 0.25) is 0 Å². The number of aliphatic hydroxyl groups excluding tert-OH is 1. The first kappa shape index (κ1) is 18.4. The third-order valence-corrected chi connectivity index (χ3v) is 5.96. The van der Waals surface area contributed by atoms with Crippen molar-refractivity contribution in [2.24, 2.45) is 0 Å². The van der Waals surface area contributed by atoms with Gasteiger partial charge in [-0.05, 0) is 47.3 Å². The number of thiophene rings is 2. The Labute approximate surface area is 159 Å². The van der Waals surface area contributed by atoms with Crippen LogP contribution in [-0.4, -0.2) is 25.6 Å². The Morgan fingerprint density at radius 3 is 2.08 bits per heavy atom. The molecule has 0 atom stereocenters. The van der Waals surface area contributed by atoms with E-state index in [1.165, 1.54) is 4.70 Å². The highest BCUT2D eigenvalue weighted by atomic mass is 32.1. The molecule has 0 saturated carbocycles. The first-order valence-electron chi connectivity index (χ1n) is 7.85. The van der Waals surface area contributed by atoms with Crippen LogP contribution in [0.3, 0.4) is 0 Å². The van der Waals surface area contributed by atoms with Crippen LogP contribution in [0, 0.1) is 0 Å². The highest BCUT2D eigenvalue weighted by molar-refractivity contribution is 7.17. The van der Waals surface area contributed by atoms with Gasteiger partial charge in [0, 0.05) is 31.1 Å². The molecule has 0 saturated heterocycles. The summed E-state index contributed by atoms with van der Waals surface area (Å²) in [7, 11) is 3.26. The topological polar surface area (TPSA) is 55.8 Å². The molecule has 0 bridgehead atoms. The number of hydrogen-bond donors (Lipinski definition) is 1. The first-order chi connectivity index (χ1) is 12.7. The minimum absolute atomic E-state index is 0.0904. The lowest BCUT2D eigenvalue weighted by Gasteiger charge is -1.99. The fourth-order valence-corrected chi connectivity index (χ4v) is 4.38. The van der Waals surface area contributed by atoms with Gasteiger partial charge in [0.1, 0.15) is 11.5 Å². The van der Waals surface area contributed by atoms with E-state index in [0.717, 1.165) is 44.4 Å². The summed E-state index contributed by atoms with van der Waals surface area (Å²) in [6.07, 6.45) is 0.873. The van der Waals surface area contributed by atoms with Gasteiger partial charge >= 0.3 is 0 Å². The molecule has 4 aromatic rings.